The summed E-state index contributed by atoms with van der Waals surface area (Å²) in [4.78, 5) is 27.4. The molecule has 0 saturated heterocycles. The summed E-state index contributed by atoms with van der Waals surface area (Å²) < 4.78 is 12.4. The van der Waals surface area contributed by atoms with Gasteiger partial charge in [0, 0.05) is 23.7 Å². The SMILES string of the molecule is O=C(OCC(=O)N1N=C(c2cccs2)CC1c1cccs1)c1ccc(Cn2cccn2)o1. The predicted molar refractivity (Wildman–Crippen MR) is 120 cm³/mol. The summed E-state index contributed by atoms with van der Waals surface area (Å²) in [5, 5.41) is 14.0. The van der Waals surface area contributed by atoms with E-state index in [4.69, 9.17) is 9.15 Å². The minimum absolute atomic E-state index is 0.0407. The number of furan rings is 1. The second kappa shape index (κ2) is 8.93. The minimum atomic E-state index is -0.695. The molecule has 8 nitrogen and oxygen atoms in total. The fourth-order valence-corrected chi connectivity index (χ4v) is 4.96. The van der Waals surface area contributed by atoms with Crippen LogP contribution in [-0.2, 0) is 16.1 Å². The molecule has 1 aliphatic heterocycles. The van der Waals surface area contributed by atoms with E-state index >= 15 is 0 Å². The Bertz CT molecular complexity index is 1230. The van der Waals surface area contributed by atoms with E-state index in [2.05, 4.69) is 10.2 Å². The van der Waals surface area contributed by atoms with Gasteiger partial charge in [0.15, 0.2) is 6.61 Å². The number of amides is 1. The van der Waals surface area contributed by atoms with Crippen molar-refractivity contribution in [2.24, 2.45) is 5.10 Å². The zero-order chi connectivity index (χ0) is 21.9. The summed E-state index contributed by atoms with van der Waals surface area (Å²) in [6.07, 6.45) is 4.08. The zero-order valence-corrected chi connectivity index (χ0v) is 18.4. The highest BCUT2D eigenvalue weighted by Crippen LogP contribution is 2.35. The lowest BCUT2D eigenvalue weighted by molar-refractivity contribution is -0.136. The molecule has 1 unspecified atom stereocenters. The molecule has 5 rings (SSSR count). The molecule has 5 heterocycles. The number of aromatic nitrogens is 2. The van der Waals surface area contributed by atoms with E-state index in [1.165, 1.54) is 11.1 Å². The van der Waals surface area contributed by atoms with Crippen molar-refractivity contribution in [2.75, 3.05) is 6.61 Å². The van der Waals surface area contributed by atoms with E-state index in [1.54, 1.807) is 51.9 Å². The van der Waals surface area contributed by atoms with Crippen LogP contribution in [0.1, 0.15) is 38.5 Å². The number of nitrogens with zero attached hydrogens (tertiary/aromatic N) is 4. The molecule has 4 aromatic rings. The van der Waals surface area contributed by atoms with Crippen molar-refractivity contribution in [3.05, 3.63) is 86.9 Å². The Morgan fingerprint density at radius 1 is 1.12 bits per heavy atom. The van der Waals surface area contributed by atoms with E-state index in [9.17, 15) is 9.59 Å². The summed E-state index contributed by atoms with van der Waals surface area (Å²) in [6.45, 7) is -0.0210. The topological polar surface area (TPSA) is 89.9 Å². The number of ether oxygens (including phenoxy) is 1. The van der Waals surface area contributed by atoms with Gasteiger partial charge in [-0.05, 0) is 41.1 Å². The number of rotatable bonds is 7. The van der Waals surface area contributed by atoms with E-state index in [0.717, 1.165) is 15.5 Å². The highest BCUT2D eigenvalue weighted by atomic mass is 32.1. The molecule has 0 aromatic carbocycles. The van der Waals surface area contributed by atoms with Crippen LogP contribution in [0.25, 0.3) is 0 Å². The quantitative estimate of drug-likeness (QED) is 0.381. The normalized spacial score (nSPS) is 15.7. The van der Waals surface area contributed by atoms with Gasteiger partial charge in [-0.25, -0.2) is 9.80 Å². The number of hydrazone groups is 1. The number of thiophene rings is 2. The molecule has 0 fully saturated rings. The van der Waals surface area contributed by atoms with Crippen LogP contribution in [0.15, 0.2) is 75.1 Å². The molecule has 1 atom stereocenters. The Morgan fingerprint density at radius 2 is 2.00 bits per heavy atom. The van der Waals surface area contributed by atoms with Crippen molar-refractivity contribution < 1.29 is 18.7 Å². The lowest BCUT2D eigenvalue weighted by atomic mass is 10.1. The molecule has 0 aliphatic carbocycles. The molecule has 0 spiro atoms. The van der Waals surface area contributed by atoms with E-state index in [0.29, 0.717) is 18.7 Å². The van der Waals surface area contributed by atoms with Crippen molar-refractivity contribution in [2.45, 2.75) is 19.0 Å². The van der Waals surface area contributed by atoms with Crippen LogP contribution in [-0.4, -0.2) is 39.0 Å². The van der Waals surface area contributed by atoms with Crippen LogP contribution in [0, 0.1) is 0 Å². The number of carbonyl (C=O) groups is 2. The van der Waals surface area contributed by atoms with Gasteiger partial charge in [-0.2, -0.15) is 10.2 Å². The second-order valence-corrected chi connectivity index (χ2v) is 8.97. The summed E-state index contributed by atoms with van der Waals surface area (Å²) in [5.74, 6) is -0.473. The molecular formula is C22H18N4O4S2. The largest absolute Gasteiger partial charge is 0.452 e. The van der Waals surface area contributed by atoms with Gasteiger partial charge in [0.25, 0.3) is 5.91 Å². The Labute approximate surface area is 191 Å². The standard InChI is InChI=1S/C22H18N4O4S2/c27-21(14-29-22(28)18-7-6-15(30-18)13-25-9-3-8-23-25)26-17(20-5-2-11-32-20)12-16(24-26)19-4-1-10-31-19/h1-11,17H,12-14H2. The molecule has 1 amide bonds. The predicted octanol–water partition coefficient (Wildman–Crippen LogP) is 4.18. The molecule has 0 bridgehead atoms. The van der Waals surface area contributed by atoms with Gasteiger partial charge in [-0.1, -0.05) is 12.1 Å². The maximum Gasteiger partial charge on any atom is 0.374 e. The molecule has 1 aliphatic rings. The van der Waals surface area contributed by atoms with Crippen molar-refractivity contribution in [3.63, 3.8) is 0 Å². The van der Waals surface area contributed by atoms with Crippen LogP contribution >= 0.6 is 22.7 Å². The van der Waals surface area contributed by atoms with Gasteiger partial charge in [-0.15, -0.1) is 22.7 Å². The lowest BCUT2D eigenvalue weighted by Gasteiger charge is -2.20. The summed E-state index contributed by atoms with van der Waals surface area (Å²) >= 11 is 3.16. The number of carbonyl (C=O) groups excluding carboxylic acids is 2. The summed E-state index contributed by atoms with van der Waals surface area (Å²) in [7, 11) is 0. The van der Waals surface area contributed by atoms with Crippen LogP contribution < -0.4 is 0 Å². The van der Waals surface area contributed by atoms with Gasteiger partial charge >= 0.3 is 5.97 Å². The smallest absolute Gasteiger partial charge is 0.374 e. The van der Waals surface area contributed by atoms with Crippen LogP contribution in [0.3, 0.4) is 0 Å². The summed E-state index contributed by atoms with van der Waals surface area (Å²) in [6, 6.07) is 12.7. The fraction of sp³-hybridized carbons (Fsp3) is 0.182. The molecule has 10 heteroatoms. The minimum Gasteiger partial charge on any atom is -0.452 e. The Kier molecular flexibility index (Phi) is 5.70. The highest BCUT2D eigenvalue weighted by Gasteiger charge is 2.34. The van der Waals surface area contributed by atoms with Crippen LogP contribution in [0.4, 0.5) is 0 Å². The average Bonchev–Trinajstić information content (AvgIpc) is 3.62. The number of hydrogen-bond acceptors (Lipinski definition) is 8. The number of hydrogen-bond donors (Lipinski definition) is 0. The van der Waals surface area contributed by atoms with Gasteiger partial charge in [0.2, 0.25) is 5.76 Å². The highest BCUT2D eigenvalue weighted by molar-refractivity contribution is 7.12. The van der Waals surface area contributed by atoms with E-state index in [1.807, 2.05) is 35.0 Å². The second-order valence-electron chi connectivity index (χ2n) is 7.04. The molecule has 0 saturated carbocycles. The first-order chi connectivity index (χ1) is 15.7. The first-order valence-electron chi connectivity index (χ1n) is 9.87. The third-order valence-electron chi connectivity index (χ3n) is 4.91. The maximum absolute atomic E-state index is 12.9. The first kappa shape index (κ1) is 20.4. The number of esters is 1. The molecular weight excluding hydrogens is 448 g/mol. The maximum atomic E-state index is 12.9. The van der Waals surface area contributed by atoms with Gasteiger partial charge < -0.3 is 9.15 Å². The molecule has 4 aromatic heterocycles. The summed E-state index contributed by atoms with van der Waals surface area (Å²) in [5.41, 5.74) is 0.854. The monoisotopic (exact) mass is 466 g/mol. The van der Waals surface area contributed by atoms with E-state index in [-0.39, 0.29) is 17.7 Å². The van der Waals surface area contributed by atoms with Crippen LogP contribution in [0.2, 0.25) is 0 Å². The first-order valence-corrected chi connectivity index (χ1v) is 11.6. The third-order valence-corrected chi connectivity index (χ3v) is 6.80. The van der Waals surface area contributed by atoms with E-state index < -0.39 is 12.6 Å². The van der Waals surface area contributed by atoms with Crippen molar-refractivity contribution >= 4 is 40.3 Å². The Morgan fingerprint density at radius 3 is 2.75 bits per heavy atom. The Balaban J connectivity index is 1.25. The zero-order valence-electron chi connectivity index (χ0n) is 16.8. The molecule has 0 radical (unpaired) electrons. The molecule has 0 N–H and O–H groups in total. The average molecular weight is 467 g/mol. The van der Waals surface area contributed by atoms with Crippen molar-refractivity contribution in [1.82, 2.24) is 14.8 Å². The van der Waals surface area contributed by atoms with Crippen molar-refractivity contribution in [1.29, 1.82) is 0 Å². The Hall–Kier alpha value is -3.50. The molecule has 32 heavy (non-hydrogen) atoms. The third kappa shape index (κ3) is 4.27. The van der Waals surface area contributed by atoms with Gasteiger partial charge in [0.05, 0.1) is 23.2 Å². The van der Waals surface area contributed by atoms with Gasteiger partial charge in [-0.3, -0.25) is 9.48 Å². The van der Waals surface area contributed by atoms with Gasteiger partial charge in [0.1, 0.15) is 5.76 Å². The molecule has 162 valence electrons. The van der Waals surface area contributed by atoms with Crippen molar-refractivity contribution in [3.8, 4) is 0 Å². The fourth-order valence-electron chi connectivity index (χ4n) is 3.43. The lowest BCUT2D eigenvalue weighted by Crippen LogP contribution is -2.31. The van der Waals surface area contributed by atoms with Crippen LogP contribution in [0.5, 0.6) is 0 Å².